The van der Waals surface area contributed by atoms with Crippen molar-refractivity contribution in [3.05, 3.63) is 11.6 Å². The Morgan fingerprint density at radius 2 is 1.96 bits per heavy atom. The topological polar surface area (TPSA) is 85.3 Å². The molecule has 1 N–H and O–H groups in total. The molecule has 0 amide bonds. The summed E-state index contributed by atoms with van der Waals surface area (Å²) >= 11 is 0. The maximum Gasteiger partial charge on any atom is 0.341 e. The third kappa shape index (κ3) is 2.15. The zero-order valence-corrected chi connectivity index (χ0v) is 15.1. The molecule has 4 aliphatic rings. The van der Waals surface area contributed by atoms with E-state index in [-0.39, 0.29) is 18.8 Å². The first-order valence-corrected chi connectivity index (χ1v) is 8.81. The minimum atomic E-state index is -1.95. The van der Waals surface area contributed by atoms with Crippen molar-refractivity contribution >= 4 is 11.9 Å². The zero-order valence-electron chi connectivity index (χ0n) is 15.1. The first-order valence-electron chi connectivity index (χ1n) is 8.81. The van der Waals surface area contributed by atoms with Crippen LogP contribution in [0.15, 0.2) is 11.6 Å². The van der Waals surface area contributed by atoms with E-state index in [9.17, 15) is 14.7 Å². The van der Waals surface area contributed by atoms with Crippen molar-refractivity contribution in [1.29, 1.82) is 0 Å². The predicted molar refractivity (Wildman–Crippen MR) is 86.6 cm³/mol. The Kier molecular flexibility index (Phi) is 3.43. The van der Waals surface area contributed by atoms with E-state index in [4.69, 9.17) is 14.2 Å². The van der Waals surface area contributed by atoms with Gasteiger partial charge in [-0.25, -0.2) is 4.79 Å². The van der Waals surface area contributed by atoms with Crippen molar-refractivity contribution < 1.29 is 28.9 Å². The SMILES string of the molecule is CC1(C)OC2(C)C1C(=O)OC1CCN3CC=C(COC(=O)C2(C)O)C13. The first kappa shape index (κ1) is 17.0. The summed E-state index contributed by atoms with van der Waals surface area (Å²) in [5.74, 6) is -1.96. The molecule has 7 nitrogen and oxygen atoms in total. The van der Waals surface area contributed by atoms with Gasteiger partial charge in [0.1, 0.15) is 24.2 Å². The molecule has 0 aliphatic carbocycles. The van der Waals surface area contributed by atoms with Crippen molar-refractivity contribution in [2.24, 2.45) is 5.92 Å². The lowest BCUT2D eigenvalue weighted by atomic mass is 9.63. The molecule has 4 rings (SSSR count). The summed E-state index contributed by atoms with van der Waals surface area (Å²) in [5, 5.41) is 10.9. The summed E-state index contributed by atoms with van der Waals surface area (Å²) in [6.07, 6.45) is 2.51. The minimum Gasteiger partial charge on any atom is -0.460 e. The van der Waals surface area contributed by atoms with Gasteiger partial charge < -0.3 is 19.3 Å². The highest BCUT2D eigenvalue weighted by Crippen LogP contribution is 2.54. The van der Waals surface area contributed by atoms with Crippen LogP contribution < -0.4 is 0 Å². The quantitative estimate of drug-likeness (QED) is 0.499. The Labute approximate surface area is 146 Å². The summed E-state index contributed by atoms with van der Waals surface area (Å²) < 4.78 is 17.1. The van der Waals surface area contributed by atoms with Gasteiger partial charge in [0.15, 0.2) is 5.60 Å². The lowest BCUT2D eigenvalue weighted by Crippen LogP contribution is -2.77. The van der Waals surface area contributed by atoms with Gasteiger partial charge in [-0.3, -0.25) is 9.69 Å². The van der Waals surface area contributed by atoms with Crippen LogP contribution in [0.2, 0.25) is 0 Å². The fourth-order valence-electron chi connectivity index (χ4n) is 4.99. The molecule has 4 heterocycles. The molecule has 3 saturated heterocycles. The molecule has 25 heavy (non-hydrogen) atoms. The number of aliphatic hydroxyl groups is 1. The molecule has 0 aromatic carbocycles. The Bertz CT molecular complexity index is 668. The molecule has 0 aromatic rings. The van der Waals surface area contributed by atoms with Gasteiger partial charge in [-0.2, -0.15) is 0 Å². The second-order valence-electron chi connectivity index (χ2n) is 8.38. The number of fused-ring (bicyclic) bond motifs is 1. The normalized spacial score (nSPS) is 46.1. The Hall–Kier alpha value is -1.44. The number of rotatable bonds is 0. The summed E-state index contributed by atoms with van der Waals surface area (Å²) in [7, 11) is 0. The number of hydrogen-bond donors (Lipinski definition) is 1. The maximum atomic E-state index is 13.0. The van der Waals surface area contributed by atoms with E-state index in [1.807, 2.05) is 6.08 Å². The van der Waals surface area contributed by atoms with Crippen molar-refractivity contribution in [1.82, 2.24) is 4.90 Å². The molecular formula is C18H25NO6. The van der Waals surface area contributed by atoms with Gasteiger partial charge in [-0.15, -0.1) is 0 Å². The molecule has 0 bridgehead atoms. The van der Waals surface area contributed by atoms with Crippen LogP contribution in [-0.4, -0.2) is 70.6 Å². The van der Waals surface area contributed by atoms with Gasteiger partial charge in [-0.1, -0.05) is 6.08 Å². The second-order valence-corrected chi connectivity index (χ2v) is 8.38. The summed E-state index contributed by atoms with van der Waals surface area (Å²) in [6.45, 7) is 8.15. The third-order valence-electron chi connectivity index (χ3n) is 6.37. The number of nitrogens with zero attached hydrogens (tertiary/aromatic N) is 1. The first-order chi connectivity index (χ1) is 11.6. The standard InChI is InChI=1S/C18H25NO6/c1-16(2)13-14(20)24-11-6-8-19-7-5-10(12(11)19)9-23-15(21)17(3,22)18(13,4)25-16/h5,11-13,22H,6-9H2,1-4H3. The predicted octanol–water partition coefficient (Wildman–Crippen LogP) is 0.404. The Morgan fingerprint density at radius 1 is 1.24 bits per heavy atom. The van der Waals surface area contributed by atoms with Gasteiger partial charge in [0.2, 0.25) is 0 Å². The smallest absolute Gasteiger partial charge is 0.341 e. The Morgan fingerprint density at radius 3 is 2.64 bits per heavy atom. The molecule has 7 heteroatoms. The number of esters is 2. The number of carbonyl (C=O) groups is 2. The fraction of sp³-hybridized carbons (Fsp3) is 0.778. The van der Waals surface area contributed by atoms with Crippen LogP contribution in [0.25, 0.3) is 0 Å². The van der Waals surface area contributed by atoms with Crippen molar-refractivity contribution in [3.63, 3.8) is 0 Å². The molecular weight excluding hydrogens is 326 g/mol. The number of carbonyl (C=O) groups excluding carboxylic acids is 2. The number of hydrogen-bond acceptors (Lipinski definition) is 7. The summed E-state index contributed by atoms with van der Waals surface area (Å²) in [6, 6.07) is -0.0461. The molecule has 5 atom stereocenters. The van der Waals surface area contributed by atoms with Gasteiger partial charge in [-0.05, 0) is 39.7 Å². The molecule has 0 saturated carbocycles. The maximum absolute atomic E-state index is 13.0. The monoisotopic (exact) mass is 351 g/mol. The van der Waals surface area contributed by atoms with E-state index in [1.165, 1.54) is 6.92 Å². The molecule has 138 valence electrons. The highest BCUT2D eigenvalue weighted by molar-refractivity contribution is 5.85. The Balaban J connectivity index is 1.74. The van der Waals surface area contributed by atoms with Crippen molar-refractivity contribution in [2.75, 3.05) is 19.7 Å². The van der Waals surface area contributed by atoms with Crippen molar-refractivity contribution in [2.45, 2.75) is 63.1 Å². The van der Waals surface area contributed by atoms with Crippen LogP contribution in [0.1, 0.15) is 34.1 Å². The highest BCUT2D eigenvalue weighted by atomic mass is 16.6. The van der Waals surface area contributed by atoms with E-state index in [1.54, 1.807) is 20.8 Å². The van der Waals surface area contributed by atoms with E-state index in [0.29, 0.717) is 0 Å². The van der Waals surface area contributed by atoms with Gasteiger partial charge in [0, 0.05) is 13.1 Å². The lowest BCUT2D eigenvalue weighted by Gasteiger charge is -2.60. The van der Waals surface area contributed by atoms with Gasteiger partial charge >= 0.3 is 11.9 Å². The molecule has 0 radical (unpaired) electrons. The lowest BCUT2D eigenvalue weighted by molar-refractivity contribution is -0.345. The van der Waals surface area contributed by atoms with Crippen LogP contribution in [0.3, 0.4) is 0 Å². The largest absolute Gasteiger partial charge is 0.460 e. The summed E-state index contributed by atoms with van der Waals surface area (Å²) in [4.78, 5) is 27.8. The van der Waals surface area contributed by atoms with Crippen LogP contribution in [0, 0.1) is 5.92 Å². The minimum absolute atomic E-state index is 0.0461. The molecule has 3 fully saturated rings. The van der Waals surface area contributed by atoms with E-state index >= 15 is 0 Å². The van der Waals surface area contributed by atoms with E-state index in [2.05, 4.69) is 4.90 Å². The third-order valence-corrected chi connectivity index (χ3v) is 6.37. The van der Waals surface area contributed by atoms with Gasteiger partial charge in [0.05, 0.1) is 11.6 Å². The number of ether oxygens (including phenoxy) is 3. The van der Waals surface area contributed by atoms with E-state index < -0.39 is 34.7 Å². The van der Waals surface area contributed by atoms with Crippen LogP contribution >= 0.6 is 0 Å². The molecule has 0 aromatic heterocycles. The average Bonchev–Trinajstić information content (AvgIpc) is 3.05. The van der Waals surface area contributed by atoms with E-state index in [0.717, 1.165) is 25.1 Å². The molecule has 4 aliphatic heterocycles. The fourth-order valence-corrected chi connectivity index (χ4v) is 4.99. The number of cyclic esters (lactones) is 1. The van der Waals surface area contributed by atoms with Crippen LogP contribution in [0.4, 0.5) is 0 Å². The second kappa shape index (κ2) is 5.05. The van der Waals surface area contributed by atoms with Crippen LogP contribution in [-0.2, 0) is 23.8 Å². The molecule has 0 spiro atoms. The van der Waals surface area contributed by atoms with Gasteiger partial charge in [0.25, 0.3) is 0 Å². The van der Waals surface area contributed by atoms with Crippen molar-refractivity contribution in [3.8, 4) is 0 Å². The summed E-state index contributed by atoms with van der Waals surface area (Å²) in [5.41, 5.74) is -3.24. The average molecular weight is 351 g/mol. The highest BCUT2D eigenvalue weighted by Gasteiger charge is 2.72. The molecule has 5 unspecified atom stereocenters. The zero-order chi connectivity index (χ0) is 18.2. The van der Waals surface area contributed by atoms with Crippen LogP contribution in [0.5, 0.6) is 0 Å².